The minimum absolute atomic E-state index is 1.06. The van der Waals surface area contributed by atoms with E-state index in [0.717, 1.165) is 5.00 Å². The summed E-state index contributed by atoms with van der Waals surface area (Å²) in [7, 11) is 0. The van der Waals surface area contributed by atoms with Crippen molar-refractivity contribution in [2.45, 2.75) is 0 Å². The molecule has 0 atom stereocenters. The van der Waals surface area contributed by atoms with Crippen LogP contribution in [0.3, 0.4) is 0 Å². The summed E-state index contributed by atoms with van der Waals surface area (Å²) in [6.45, 7) is 0. The van der Waals surface area contributed by atoms with E-state index in [1.807, 2.05) is 29.8 Å². The zero-order chi connectivity index (χ0) is 8.23. The van der Waals surface area contributed by atoms with Crippen LogP contribution in [-0.4, -0.2) is 6.21 Å². The van der Waals surface area contributed by atoms with Gasteiger partial charge in [-0.2, -0.15) is 0 Å². The minimum atomic E-state index is 1.06. The first-order chi connectivity index (χ1) is 5.95. The van der Waals surface area contributed by atoms with Crippen LogP contribution in [0.5, 0.6) is 0 Å². The predicted octanol–water partition coefficient (Wildman–Crippen LogP) is 3.56. The van der Waals surface area contributed by atoms with E-state index in [1.54, 1.807) is 22.7 Å². The molecule has 0 aliphatic heterocycles. The Kier molecular flexibility index (Phi) is 2.34. The van der Waals surface area contributed by atoms with Crippen LogP contribution in [0.1, 0.15) is 4.88 Å². The average molecular weight is 193 g/mol. The normalized spacial score (nSPS) is 11.0. The summed E-state index contributed by atoms with van der Waals surface area (Å²) in [5.74, 6) is 0. The molecule has 0 aliphatic rings. The maximum atomic E-state index is 4.31. The first-order valence-corrected chi connectivity index (χ1v) is 5.32. The van der Waals surface area contributed by atoms with Crippen molar-refractivity contribution >= 4 is 33.9 Å². The van der Waals surface area contributed by atoms with Gasteiger partial charge in [-0.1, -0.05) is 6.07 Å². The van der Waals surface area contributed by atoms with E-state index in [-0.39, 0.29) is 0 Å². The molecule has 2 aromatic rings. The molecule has 0 unspecified atom stereocenters. The highest BCUT2D eigenvalue weighted by molar-refractivity contribution is 7.14. The third kappa shape index (κ3) is 1.81. The monoisotopic (exact) mass is 193 g/mol. The molecular weight excluding hydrogens is 186 g/mol. The summed E-state index contributed by atoms with van der Waals surface area (Å²) in [6, 6.07) is 8.10. The van der Waals surface area contributed by atoms with Gasteiger partial charge in [0.15, 0.2) is 0 Å². The number of rotatable bonds is 2. The van der Waals surface area contributed by atoms with Crippen molar-refractivity contribution in [3.8, 4) is 0 Å². The maximum absolute atomic E-state index is 4.31. The summed E-state index contributed by atoms with van der Waals surface area (Å²) in [5.41, 5.74) is 0. The van der Waals surface area contributed by atoms with Crippen LogP contribution in [0, 0.1) is 0 Å². The van der Waals surface area contributed by atoms with Crippen molar-refractivity contribution in [2.75, 3.05) is 0 Å². The Balaban J connectivity index is 2.14. The summed E-state index contributed by atoms with van der Waals surface area (Å²) in [6.07, 6.45) is 1.90. The summed E-state index contributed by atoms with van der Waals surface area (Å²) >= 11 is 3.35. The van der Waals surface area contributed by atoms with E-state index in [2.05, 4.69) is 16.4 Å². The van der Waals surface area contributed by atoms with Gasteiger partial charge in [0.25, 0.3) is 0 Å². The molecule has 0 fully saturated rings. The smallest absolute Gasteiger partial charge is 0.115 e. The van der Waals surface area contributed by atoms with Gasteiger partial charge in [0.05, 0.1) is 0 Å². The Morgan fingerprint density at radius 3 is 2.58 bits per heavy atom. The fourth-order valence-corrected chi connectivity index (χ4v) is 1.99. The number of thiophene rings is 2. The van der Waals surface area contributed by atoms with Crippen molar-refractivity contribution in [2.24, 2.45) is 4.99 Å². The molecule has 0 saturated carbocycles. The Bertz CT molecular complexity index is 310. The standard InChI is InChI=1S/C9H7NS2/c1-3-8(11-5-1)7-10-9-4-2-6-12-9/h1-7H/b10-7+. The van der Waals surface area contributed by atoms with Gasteiger partial charge in [0.2, 0.25) is 0 Å². The van der Waals surface area contributed by atoms with Crippen molar-refractivity contribution in [3.05, 3.63) is 39.9 Å². The molecule has 2 rings (SSSR count). The predicted molar refractivity (Wildman–Crippen MR) is 55.9 cm³/mol. The lowest BCUT2D eigenvalue weighted by molar-refractivity contribution is 1.66. The lowest BCUT2D eigenvalue weighted by Crippen LogP contribution is -1.67. The maximum Gasteiger partial charge on any atom is 0.115 e. The fraction of sp³-hybridized carbons (Fsp3) is 0. The van der Waals surface area contributed by atoms with Crippen LogP contribution in [0.2, 0.25) is 0 Å². The van der Waals surface area contributed by atoms with Crippen molar-refractivity contribution in [1.29, 1.82) is 0 Å². The molecule has 0 aromatic carbocycles. The van der Waals surface area contributed by atoms with E-state index in [9.17, 15) is 0 Å². The van der Waals surface area contributed by atoms with E-state index >= 15 is 0 Å². The summed E-state index contributed by atoms with van der Waals surface area (Å²) in [4.78, 5) is 5.51. The second-order valence-corrected chi connectivity index (χ2v) is 4.13. The Labute approximate surface area is 79.0 Å². The van der Waals surface area contributed by atoms with Gasteiger partial charge < -0.3 is 0 Å². The Morgan fingerprint density at radius 1 is 1.08 bits per heavy atom. The molecule has 0 N–H and O–H groups in total. The molecule has 0 bridgehead atoms. The average Bonchev–Trinajstić information content (AvgIpc) is 2.74. The fourth-order valence-electron chi connectivity index (χ4n) is 0.835. The third-order valence-corrected chi connectivity index (χ3v) is 2.95. The molecule has 1 nitrogen and oxygen atoms in total. The minimum Gasteiger partial charge on any atom is -0.245 e. The Hall–Kier alpha value is -0.930. The Morgan fingerprint density at radius 2 is 1.92 bits per heavy atom. The quantitative estimate of drug-likeness (QED) is 0.647. The SMILES string of the molecule is C(=N\c1cccs1)/c1cccs1. The number of aliphatic imine (C=N–C) groups is 1. The molecule has 0 aliphatic carbocycles. The molecule has 0 radical (unpaired) electrons. The van der Waals surface area contributed by atoms with Gasteiger partial charge in [-0.3, -0.25) is 0 Å². The van der Waals surface area contributed by atoms with E-state index in [4.69, 9.17) is 0 Å². The van der Waals surface area contributed by atoms with Gasteiger partial charge in [-0.25, -0.2) is 4.99 Å². The van der Waals surface area contributed by atoms with Crippen molar-refractivity contribution in [1.82, 2.24) is 0 Å². The van der Waals surface area contributed by atoms with Crippen LogP contribution in [0.25, 0.3) is 0 Å². The van der Waals surface area contributed by atoms with Crippen molar-refractivity contribution < 1.29 is 0 Å². The van der Waals surface area contributed by atoms with Crippen LogP contribution < -0.4 is 0 Å². The van der Waals surface area contributed by atoms with E-state index in [0.29, 0.717) is 0 Å². The van der Waals surface area contributed by atoms with Crippen LogP contribution >= 0.6 is 22.7 Å². The first kappa shape index (κ1) is 7.71. The van der Waals surface area contributed by atoms with Gasteiger partial charge in [0, 0.05) is 11.1 Å². The molecule has 12 heavy (non-hydrogen) atoms. The van der Waals surface area contributed by atoms with Crippen molar-refractivity contribution in [3.63, 3.8) is 0 Å². The summed E-state index contributed by atoms with van der Waals surface area (Å²) in [5, 5.41) is 5.14. The van der Waals surface area contributed by atoms with Gasteiger partial charge in [0.1, 0.15) is 5.00 Å². The third-order valence-electron chi connectivity index (χ3n) is 1.37. The van der Waals surface area contributed by atoms with E-state index < -0.39 is 0 Å². The van der Waals surface area contributed by atoms with Gasteiger partial charge in [-0.15, -0.1) is 22.7 Å². The highest BCUT2D eigenvalue weighted by Gasteiger charge is 1.88. The molecule has 2 heterocycles. The molecule has 60 valence electrons. The van der Waals surface area contributed by atoms with Gasteiger partial charge in [-0.05, 0) is 29.0 Å². The second kappa shape index (κ2) is 3.65. The molecule has 0 saturated heterocycles. The molecular formula is C9H7NS2. The molecule has 3 heteroatoms. The first-order valence-electron chi connectivity index (χ1n) is 3.56. The number of hydrogen-bond donors (Lipinski definition) is 0. The highest BCUT2D eigenvalue weighted by atomic mass is 32.1. The van der Waals surface area contributed by atoms with E-state index in [1.165, 1.54) is 4.88 Å². The largest absolute Gasteiger partial charge is 0.245 e. The second-order valence-electron chi connectivity index (χ2n) is 2.22. The molecule has 2 aromatic heterocycles. The lowest BCUT2D eigenvalue weighted by atomic mass is 10.5. The zero-order valence-corrected chi connectivity index (χ0v) is 7.94. The van der Waals surface area contributed by atoms with Crippen LogP contribution in [-0.2, 0) is 0 Å². The number of nitrogens with zero attached hydrogens (tertiary/aromatic N) is 1. The van der Waals surface area contributed by atoms with Crippen LogP contribution in [0.15, 0.2) is 40.0 Å². The highest BCUT2D eigenvalue weighted by Crippen LogP contribution is 2.19. The summed E-state index contributed by atoms with van der Waals surface area (Å²) < 4.78 is 0. The molecule has 0 spiro atoms. The lowest BCUT2D eigenvalue weighted by Gasteiger charge is -1.82. The van der Waals surface area contributed by atoms with Gasteiger partial charge >= 0.3 is 0 Å². The molecule has 0 amide bonds. The van der Waals surface area contributed by atoms with Crippen LogP contribution in [0.4, 0.5) is 5.00 Å². The number of hydrogen-bond acceptors (Lipinski definition) is 3. The topological polar surface area (TPSA) is 12.4 Å². The zero-order valence-electron chi connectivity index (χ0n) is 6.31.